The zero-order valence-electron chi connectivity index (χ0n) is 31.1. The largest absolute Gasteiger partial charge is 0.334 e. The van der Waals surface area contributed by atoms with Crippen LogP contribution in [0, 0.1) is 6.92 Å². The van der Waals surface area contributed by atoms with Crippen LogP contribution in [0.25, 0.3) is 0 Å². The van der Waals surface area contributed by atoms with E-state index in [-0.39, 0.29) is 30.1 Å². The van der Waals surface area contributed by atoms with Gasteiger partial charge < -0.3 is 4.90 Å². The lowest BCUT2D eigenvalue weighted by molar-refractivity contribution is 0.0640. The molecule has 5 rings (SSSR count). The molecular formula is C46H55N3O. The molecule has 0 saturated heterocycles. The van der Waals surface area contributed by atoms with E-state index in [9.17, 15) is 0 Å². The van der Waals surface area contributed by atoms with Crippen molar-refractivity contribution in [1.82, 2.24) is 14.7 Å². The molecule has 0 heterocycles. The number of benzene rings is 5. The Morgan fingerprint density at radius 2 is 0.880 bits per heavy atom. The summed E-state index contributed by atoms with van der Waals surface area (Å²) in [6, 6.07) is 47.7. The average Bonchev–Trinajstić information content (AvgIpc) is 3.10. The van der Waals surface area contributed by atoms with E-state index in [2.05, 4.69) is 197 Å². The van der Waals surface area contributed by atoms with Gasteiger partial charge in [-0.3, -0.25) is 14.6 Å². The summed E-state index contributed by atoms with van der Waals surface area (Å²) < 4.78 is 0. The molecule has 0 aliphatic carbocycles. The van der Waals surface area contributed by atoms with Crippen LogP contribution in [-0.2, 0) is 25.9 Å². The molecule has 0 N–H and O–H groups in total. The summed E-state index contributed by atoms with van der Waals surface area (Å²) in [4.78, 5) is 22.0. The second-order valence-electron chi connectivity index (χ2n) is 14.4. The van der Waals surface area contributed by atoms with Gasteiger partial charge in [-0.1, -0.05) is 139 Å². The Labute approximate surface area is 301 Å². The highest BCUT2D eigenvalue weighted by Gasteiger charge is 2.30. The van der Waals surface area contributed by atoms with Gasteiger partial charge in [0.05, 0.1) is 0 Å². The van der Waals surface area contributed by atoms with Crippen LogP contribution < -0.4 is 0 Å². The van der Waals surface area contributed by atoms with Crippen molar-refractivity contribution in [2.75, 3.05) is 14.1 Å². The Balaban J connectivity index is 1.63. The van der Waals surface area contributed by atoms with Crippen LogP contribution in [0.15, 0.2) is 133 Å². The molecule has 0 bridgehead atoms. The van der Waals surface area contributed by atoms with E-state index in [0.29, 0.717) is 0 Å². The molecule has 0 aromatic heterocycles. The van der Waals surface area contributed by atoms with Crippen molar-refractivity contribution >= 4 is 5.91 Å². The van der Waals surface area contributed by atoms with E-state index in [1.54, 1.807) is 0 Å². The minimum absolute atomic E-state index is 0.0702. The molecule has 2 atom stereocenters. The Kier molecular flexibility index (Phi) is 12.8. The summed E-state index contributed by atoms with van der Waals surface area (Å²) in [5, 5.41) is 0. The van der Waals surface area contributed by atoms with Gasteiger partial charge in [0, 0.05) is 42.8 Å². The molecule has 0 saturated carbocycles. The number of hydrogen-bond donors (Lipinski definition) is 0. The van der Waals surface area contributed by atoms with E-state index in [4.69, 9.17) is 0 Å². The zero-order valence-corrected chi connectivity index (χ0v) is 31.1. The molecule has 260 valence electrons. The van der Waals surface area contributed by atoms with E-state index < -0.39 is 0 Å². The topological polar surface area (TPSA) is 26.8 Å². The Morgan fingerprint density at radius 1 is 0.540 bits per heavy atom. The number of carbonyl (C=O) groups is 1. The average molecular weight is 666 g/mol. The molecule has 5 aromatic carbocycles. The minimum atomic E-state index is 0.0702. The molecule has 0 spiro atoms. The SMILES string of the molecule is Cc1cc(C[C@H](c2ccccc2)N(C)Cc2ccccc2)c(C(=O)N(C(C)C)C(C)C)c(C[C@@H](c2ccccc2)N(C)Cc2ccccc2)c1. The first kappa shape index (κ1) is 36.8. The third kappa shape index (κ3) is 9.38. The van der Waals surface area contributed by atoms with Gasteiger partial charge in [-0.15, -0.1) is 0 Å². The number of likely N-dealkylation sites (N-methyl/N-ethyl adjacent to an activating group) is 2. The molecule has 4 heteroatoms. The zero-order chi connectivity index (χ0) is 35.6. The summed E-state index contributed by atoms with van der Waals surface area (Å²) >= 11 is 0. The Morgan fingerprint density at radius 3 is 1.22 bits per heavy atom. The van der Waals surface area contributed by atoms with E-state index in [1.807, 2.05) is 0 Å². The number of rotatable bonds is 15. The van der Waals surface area contributed by atoms with E-state index in [1.165, 1.54) is 27.8 Å². The van der Waals surface area contributed by atoms with Crippen molar-refractivity contribution in [3.63, 3.8) is 0 Å². The van der Waals surface area contributed by atoms with Gasteiger partial charge in [0.1, 0.15) is 0 Å². The van der Waals surface area contributed by atoms with Crippen molar-refractivity contribution in [2.24, 2.45) is 0 Å². The van der Waals surface area contributed by atoms with Gasteiger partial charge in [-0.2, -0.15) is 0 Å². The van der Waals surface area contributed by atoms with Crippen molar-refractivity contribution in [3.05, 3.63) is 178 Å². The van der Waals surface area contributed by atoms with Gasteiger partial charge in [0.25, 0.3) is 5.91 Å². The van der Waals surface area contributed by atoms with Crippen molar-refractivity contribution in [3.8, 4) is 0 Å². The fraction of sp³-hybridized carbons (Fsp3) is 0.326. The van der Waals surface area contributed by atoms with Gasteiger partial charge in [0.15, 0.2) is 0 Å². The number of carbonyl (C=O) groups excluding carboxylic acids is 1. The molecule has 1 amide bonds. The first-order valence-electron chi connectivity index (χ1n) is 18.2. The highest BCUT2D eigenvalue weighted by Crippen LogP contribution is 2.34. The third-order valence-electron chi connectivity index (χ3n) is 9.82. The maximum atomic E-state index is 15.0. The molecule has 50 heavy (non-hydrogen) atoms. The van der Waals surface area contributed by atoms with Crippen LogP contribution >= 0.6 is 0 Å². The summed E-state index contributed by atoms with van der Waals surface area (Å²) in [5.41, 5.74) is 9.32. The normalized spacial score (nSPS) is 12.9. The first-order valence-corrected chi connectivity index (χ1v) is 18.2. The first-order chi connectivity index (χ1) is 24.1. The van der Waals surface area contributed by atoms with E-state index in [0.717, 1.165) is 42.6 Å². The molecule has 0 fully saturated rings. The summed E-state index contributed by atoms with van der Waals surface area (Å²) in [5.74, 6) is 0.120. The predicted octanol–water partition coefficient (Wildman–Crippen LogP) is 10.1. The minimum Gasteiger partial charge on any atom is -0.334 e. The van der Waals surface area contributed by atoms with Gasteiger partial charge >= 0.3 is 0 Å². The highest BCUT2D eigenvalue weighted by atomic mass is 16.2. The summed E-state index contributed by atoms with van der Waals surface area (Å²) in [7, 11) is 4.42. The fourth-order valence-corrected chi connectivity index (χ4v) is 7.52. The summed E-state index contributed by atoms with van der Waals surface area (Å²) in [6.45, 7) is 12.3. The number of aryl methyl sites for hydroxylation is 1. The van der Waals surface area contributed by atoms with Gasteiger partial charge in [-0.05, 0) is 94.9 Å². The van der Waals surface area contributed by atoms with Crippen LogP contribution in [0.1, 0.15) is 89.1 Å². The molecule has 0 radical (unpaired) electrons. The molecule has 0 unspecified atom stereocenters. The fourth-order valence-electron chi connectivity index (χ4n) is 7.52. The van der Waals surface area contributed by atoms with Crippen LogP contribution in [0.4, 0.5) is 0 Å². The van der Waals surface area contributed by atoms with Crippen molar-refractivity contribution < 1.29 is 4.79 Å². The molecule has 5 aromatic rings. The predicted molar refractivity (Wildman–Crippen MR) is 209 cm³/mol. The Bertz CT molecular complexity index is 1650. The van der Waals surface area contributed by atoms with Gasteiger partial charge in [0.2, 0.25) is 0 Å². The van der Waals surface area contributed by atoms with Crippen LogP contribution in [0.5, 0.6) is 0 Å². The number of hydrogen-bond acceptors (Lipinski definition) is 3. The second kappa shape index (κ2) is 17.4. The number of amides is 1. The van der Waals surface area contributed by atoms with Gasteiger partial charge in [-0.25, -0.2) is 0 Å². The lowest BCUT2D eigenvalue weighted by atomic mass is 9.86. The van der Waals surface area contributed by atoms with Crippen molar-refractivity contribution in [2.45, 2.75) is 84.7 Å². The molecular weight excluding hydrogens is 611 g/mol. The van der Waals surface area contributed by atoms with Crippen molar-refractivity contribution in [1.29, 1.82) is 0 Å². The smallest absolute Gasteiger partial charge is 0.254 e. The van der Waals surface area contributed by atoms with Crippen LogP contribution in [0.3, 0.4) is 0 Å². The van der Waals surface area contributed by atoms with E-state index >= 15 is 4.79 Å². The number of nitrogens with zero attached hydrogens (tertiary/aromatic N) is 3. The summed E-state index contributed by atoms with van der Waals surface area (Å²) in [6.07, 6.45) is 1.45. The maximum Gasteiger partial charge on any atom is 0.254 e. The standard InChI is InChI=1S/C46H55N3O/c1-34(2)49(35(3)4)46(50)45-41(30-43(39-24-16-10-17-25-39)47(6)32-37-20-12-8-13-21-37)28-36(5)29-42(45)31-44(40-26-18-11-19-27-40)48(7)33-38-22-14-9-15-23-38/h8-29,34-35,43-44H,30-33H2,1-7H3/t43-,44+. The monoisotopic (exact) mass is 665 g/mol. The maximum absolute atomic E-state index is 15.0. The second-order valence-corrected chi connectivity index (χ2v) is 14.4. The molecule has 0 aliphatic heterocycles. The van der Waals surface area contributed by atoms with Crippen LogP contribution in [0.2, 0.25) is 0 Å². The Hall–Kier alpha value is -4.51. The molecule has 4 nitrogen and oxygen atoms in total. The lowest BCUT2D eigenvalue weighted by Crippen LogP contribution is -2.43. The molecule has 0 aliphatic rings. The quantitative estimate of drug-likeness (QED) is 0.111. The lowest BCUT2D eigenvalue weighted by Gasteiger charge is -2.35. The van der Waals surface area contributed by atoms with Crippen LogP contribution in [-0.4, -0.2) is 46.8 Å². The highest BCUT2D eigenvalue weighted by molar-refractivity contribution is 5.98. The third-order valence-corrected chi connectivity index (χ3v) is 9.82.